The van der Waals surface area contributed by atoms with E-state index in [0.29, 0.717) is 5.56 Å². The van der Waals surface area contributed by atoms with E-state index in [1.807, 2.05) is 29.8 Å². The number of nitrogens with zero attached hydrogens (tertiary/aromatic N) is 1. The fraction of sp³-hybridized carbons (Fsp3) is 0.462. The molecule has 0 saturated heterocycles. The molecule has 1 aromatic carbocycles. The maximum Gasteiger partial charge on any atom is 0.264 e. The number of hydrogen-bond acceptors (Lipinski definition) is 5. The topological polar surface area (TPSA) is 75.7 Å². The lowest BCUT2D eigenvalue weighted by Gasteiger charge is -2.14. The molecule has 0 bridgehead atoms. The van der Waals surface area contributed by atoms with Crippen LogP contribution in [0.4, 0.5) is 5.69 Å². The molecule has 0 aromatic heterocycles. The molecule has 6 nitrogen and oxygen atoms in total. The van der Waals surface area contributed by atoms with E-state index in [4.69, 9.17) is 4.74 Å². The van der Waals surface area contributed by atoms with Crippen LogP contribution >= 0.6 is 0 Å². The van der Waals surface area contributed by atoms with E-state index in [1.54, 1.807) is 25.1 Å². The van der Waals surface area contributed by atoms with Gasteiger partial charge in [-0.3, -0.25) is 4.79 Å². The molecule has 0 saturated carbocycles. The average Bonchev–Trinajstić information content (AvgIpc) is 2.37. The molecule has 0 aliphatic heterocycles. The van der Waals surface area contributed by atoms with Gasteiger partial charge in [0.2, 0.25) is 10.0 Å². The third-order valence-electron chi connectivity index (χ3n) is 2.73. The lowest BCUT2D eigenvalue weighted by Crippen LogP contribution is -2.36. The highest BCUT2D eigenvalue weighted by atomic mass is 32.2. The zero-order valence-corrected chi connectivity index (χ0v) is 12.9. The molecule has 1 aromatic rings. The molecule has 1 N–H and O–H groups in total. The molecule has 0 spiro atoms. The molecule has 1 amide bonds. The van der Waals surface area contributed by atoms with Gasteiger partial charge in [-0.15, -0.1) is 0 Å². The van der Waals surface area contributed by atoms with Crippen LogP contribution in [0.1, 0.15) is 17.3 Å². The van der Waals surface area contributed by atoms with E-state index in [0.717, 1.165) is 5.69 Å². The summed E-state index contributed by atoms with van der Waals surface area (Å²) in [4.78, 5) is 13.8. The van der Waals surface area contributed by atoms with Crippen molar-refractivity contribution in [2.75, 3.05) is 31.9 Å². The predicted octanol–water partition coefficient (Wildman–Crippen LogP) is 0.847. The summed E-state index contributed by atoms with van der Waals surface area (Å²) >= 11 is 0. The Morgan fingerprint density at radius 1 is 1.40 bits per heavy atom. The Morgan fingerprint density at radius 2 is 2.05 bits per heavy atom. The smallest absolute Gasteiger partial charge is 0.264 e. The third kappa shape index (κ3) is 4.82. The monoisotopic (exact) mass is 300 g/mol. The van der Waals surface area contributed by atoms with E-state index in [2.05, 4.69) is 0 Å². The molecule has 0 unspecified atom stereocenters. The summed E-state index contributed by atoms with van der Waals surface area (Å²) < 4.78 is 30.5. The number of carbonyl (C=O) groups is 1. The van der Waals surface area contributed by atoms with Gasteiger partial charge in [-0.25, -0.2) is 13.1 Å². The van der Waals surface area contributed by atoms with Crippen LogP contribution in [0.15, 0.2) is 24.3 Å². The average molecular weight is 300 g/mol. The summed E-state index contributed by atoms with van der Waals surface area (Å²) in [6, 6.07) is 6.73. The molecule has 1 atom stereocenters. The van der Waals surface area contributed by atoms with E-state index in [1.165, 1.54) is 7.11 Å². The van der Waals surface area contributed by atoms with Crippen LogP contribution in [0.3, 0.4) is 0 Å². The minimum absolute atomic E-state index is 0.261. The minimum atomic E-state index is -3.71. The molecule has 112 valence electrons. The number of ether oxygens (including phenoxy) is 1. The molecule has 0 aliphatic rings. The molecule has 20 heavy (non-hydrogen) atoms. The van der Waals surface area contributed by atoms with Gasteiger partial charge >= 0.3 is 0 Å². The van der Waals surface area contributed by atoms with E-state index >= 15 is 0 Å². The van der Waals surface area contributed by atoms with Crippen molar-refractivity contribution in [2.24, 2.45) is 0 Å². The van der Waals surface area contributed by atoms with Crippen molar-refractivity contribution in [3.05, 3.63) is 29.8 Å². The summed E-state index contributed by atoms with van der Waals surface area (Å²) in [6.45, 7) is 1.62. The second-order valence-electron chi connectivity index (χ2n) is 4.70. The zero-order chi connectivity index (χ0) is 15.3. The summed E-state index contributed by atoms with van der Waals surface area (Å²) in [6.07, 6.45) is -0.478. The highest BCUT2D eigenvalue weighted by Crippen LogP contribution is 2.13. The van der Waals surface area contributed by atoms with Crippen molar-refractivity contribution in [1.29, 1.82) is 0 Å². The third-order valence-corrected chi connectivity index (χ3v) is 4.13. The quantitative estimate of drug-likeness (QED) is 0.843. The van der Waals surface area contributed by atoms with Crippen molar-refractivity contribution in [2.45, 2.75) is 13.0 Å². The molecule has 7 heteroatoms. The number of hydrogen-bond donors (Lipinski definition) is 1. The van der Waals surface area contributed by atoms with Gasteiger partial charge in [-0.2, -0.15) is 0 Å². The van der Waals surface area contributed by atoms with Gasteiger partial charge in [0.1, 0.15) is 0 Å². The van der Waals surface area contributed by atoms with Crippen LogP contribution in [-0.4, -0.2) is 47.4 Å². The van der Waals surface area contributed by atoms with Gasteiger partial charge in [0, 0.05) is 32.5 Å². The molecular formula is C13H20N2O4S. The van der Waals surface area contributed by atoms with Crippen molar-refractivity contribution < 1.29 is 17.9 Å². The van der Waals surface area contributed by atoms with Crippen molar-refractivity contribution in [3.63, 3.8) is 0 Å². The Kier molecular flexibility index (Phi) is 5.52. The fourth-order valence-corrected chi connectivity index (χ4v) is 2.78. The van der Waals surface area contributed by atoms with Gasteiger partial charge < -0.3 is 9.64 Å². The molecule has 0 fully saturated rings. The second kappa shape index (κ2) is 6.71. The number of anilines is 1. The highest BCUT2D eigenvalue weighted by Gasteiger charge is 2.19. The van der Waals surface area contributed by atoms with Gasteiger partial charge in [-0.05, 0) is 25.1 Å². The summed E-state index contributed by atoms with van der Waals surface area (Å²) in [5, 5.41) is 0. The fourth-order valence-electron chi connectivity index (χ4n) is 1.54. The highest BCUT2D eigenvalue weighted by molar-refractivity contribution is 7.90. The normalized spacial score (nSPS) is 12.8. The molecule has 0 radical (unpaired) electrons. The van der Waals surface area contributed by atoms with Gasteiger partial charge in [0.25, 0.3) is 5.91 Å². The van der Waals surface area contributed by atoms with Gasteiger partial charge in [0.15, 0.2) is 0 Å². The van der Waals surface area contributed by atoms with E-state index in [-0.39, 0.29) is 5.75 Å². The summed E-state index contributed by atoms with van der Waals surface area (Å²) in [5.41, 5.74) is 1.12. The maximum atomic E-state index is 12.0. The van der Waals surface area contributed by atoms with Crippen LogP contribution in [-0.2, 0) is 14.8 Å². The Morgan fingerprint density at radius 3 is 2.60 bits per heavy atom. The predicted molar refractivity (Wildman–Crippen MR) is 78.5 cm³/mol. The van der Waals surface area contributed by atoms with Crippen molar-refractivity contribution >= 4 is 21.6 Å². The number of nitrogens with one attached hydrogen (secondary N) is 1. The van der Waals surface area contributed by atoms with Crippen LogP contribution in [0.2, 0.25) is 0 Å². The first-order chi connectivity index (χ1) is 9.25. The Bertz CT molecular complexity index is 569. The number of rotatable bonds is 6. The van der Waals surface area contributed by atoms with Crippen LogP contribution < -0.4 is 9.62 Å². The van der Waals surface area contributed by atoms with Gasteiger partial charge in [0.05, 0.1) is 11.9 Å². The first-order valence-corrected chi connectivity index (χ1v) is 7.75. The summed E-state index contributed by atoms with van der Waals surface area (Å²) in [7, 11) is 1.39. The number of amides is 1. The Balaban J connectivity index is 2.83. The van der Waals surface area contributed by atoms with Crippen molar-refractivity contribution in [3.8, 4) is 0 Å². The molecule has 0 aliphatic carbocycles. The zero-order valence-electron chi connectivity index (χ0n) is 12.1. The van der Waals surface area contributed by atoms with Crippen LogP contribution in [0.5, 0.6) is 0 Å². The lowest BCUT2D eigenvalue weighted by molar-refractivity contribution is 0.0980. The Hall–Kier alpha value is -1.60. The Labute approximate surface area is 119 Å². The second-order valence-corrected chi connectivity index (χ2v) is 6.47. The number of sulfonamides is 1. The molecule has 1 rings (SSSR count). The number of methoxy groups -OCH3 is 1. The first kappa shape index (κ1) is 16.5. The SMILES string of the molecule is CO[C@H](C)CS(=O)(=O)NC(=O)c1cccc(N(C)C)c1. The standard InChI is InChI=1S/C13H20N2O4S/c1-10(19-4)9-20(17,18)14-13(16)11-6-5-7-12(8-11)15(2)3/h5-8,10H,9H2,1-4H3,(H,14,16)/t10-/m1/s1. The first-order valence-electron chi connectivity index (χ1n) is 6.10. The van der Waals surface area contributed by atoms with E-state index in [9.17, 15) is 13.2 Å². The van der Waals surface area contributed by atoms with E-state index < -0.39 is 22.0 Å². The number of benzene rings is 1. The minimum Gasteiger partial charge on any atom is -0.381 e. The van der Waals surface area contributed by atoms with Crippen LogP contribution in [0.25, 0.3) is 0 Å². The van der Waals surface area contributed by atoms with Crippen molar-refractivity contribution in [1.82, 2.24) is 4.72 Å². The van der Waals surface area contributed by atoms with Gasteiger partial charge in [-0.1, -0.05) is 6.07 Å². The maximum absolute atomic E-state index is 12.0. The summed E-state index contributed by atoms with van der Waals surface area (Å²) in [5.74, 6) is -0.903. The largest absolute Gasteiger partial charge is 0.381 e. The van der Waals surface area contributed by atoms with Crippen LogP contribution in [0, 0.1) is 0 Å². The number of carbonyl (C=O) groups excluding carboxylic acids is 1. The lowest BCUT2D eigenvalue weighted by atomic mass is 10.2. The molecule has 0 heterocycles. The molecular weight excluding hydrogens is 280 g/mol.